The number of likely N-dealkylation sites (N-methyl/N-ethyl adjacent to an activating group) is 1. The molecule has 0 radical (unpaired) electrons. The topological polar surface area (TPSA) is 20.3 Å². The molecule has 0 saturated carbocycles. The minimum atomic E-state index is -0.795. The largest absolute Gasteiger partial charge is 0.306 e. The van der Waals surface area contributed by atoms with Gasteiger partial charge in [0.05, 0.1) is 0 Å². The highest BCUT2D eigenvalue weighted by Crippen LogP contribution is 1.95. The van der Waals surface area contributed by atoms with Crippen LogP contribution in [0.4, 0.5) is 0 Å². The van der Waals surface area contributed by atoms with E-state index in [1.165, 1.54) is 0 Å². The Bertz CT molecular complexity index is 152. The Hall–Kier alpha value is -0.150. The van der Waals surface area contributed by atoms with Gasteiger partial charge in [-0.25, -0.2) is 0 Å². The molecular formula is C8H17NOS. The molecule has 0 aromatic heterocycles. The van der Waals surface area contributed by atoms with Gasteiger partial charge in [0, 0.05) is 22.6 Å². The SMILES string of the molecule is CC(C)S(=O)/C=C/CN(C)C. The van der Waals surface area contributed by atoms with Crippen LogP contribution < -0.4 is 0 Å². The second-order valence-corrected chi connectivity index (χ2v) is 4.88. The molecule has 1 unspecified atom stereocenters. The van der Waals surface area contributed by atoms with Crippen LogP contribution in [-0.2, 0) is 10.8 Å². The lowest BCUT2D eigenvalue weighted by Crippen LogP contribution is -2.11. The van der Waals surface area contributed by atoms with E-state index in [4.69, 9.17) is 0 Å². The summed E-state index contributed by atoms with van der Waals surface area (Å²) in [6.07, 6.45) is 1.94. The molecule has 0 bridgehead atoms. The van der Waals surface area contributed by atoms with Crippen LogP contribution in [0.5, 0.6) is 0 Å². The molecule has 66 valence electrons. The molecule has 3 heteroatoms. The molecule has 0 saturated heterocycles. The third-order valence-electron chi connectivity index (χ3n) is 1.17. The first-order valence-electron chi connectivity index (χ1n) is 3.75. The molecule has 0 heterocycles. The molecule has 0 aliphatic heterocycles. The first-order valence-corrected chi connectivity index (χ1v) is 5.02. The van der Waals surface area contributed by atoms with Gasteiger partial charge in [-0.2, -0.15) is 0 Å². The van der Waals surface area contributed by atoms with Crippen LogP contribution in [0.25, 0.3) is 0 Å². The van der Waals surface area contributed by atoms with Gasteiger partial charge in [0.25, 0.3) is 0 Å². The van der Waals surface area contributed by atoms with Crippen molar-refractivity contribution < 1.29 is 4.21 Å². The van der Waals surface area contributed by atoms with Crippen LogP contribution in [0.15, 0.2) is 11.5 Å². The summed E-state index contributed by atoms with van der Waals surface area (Å²) in [7, 11) is 3.18. The van der Waals surface area contributed by atoms with Crippen LogP contribution >= 0.6 is 0 Å². The predicted octanol–water partition coefficient (Wildman–Crippen LogP) is 1.22. The Kier molecular flexibility index (Phi) is 5.42. The van der Waals surface area contributed by atoms with Gasteiger partial charge in [-0.3, -0.25) is 4.21 Å². The highest BCUT2D eigenvalue weighted by molar-refractivity contribution is 7.88. The van der Waals surface area contributed by atoms with E-state index >= 15 is 0 Å². The van der Waals surface area contributed by atoms with E-state index in [2.05, 4.69) is 0 Å². The van der Waals surface area contributed by atoms with E-state index in [0.717, 1.165) is 6.54 Å². The summed E-state index contributed by atoms with van der Waals surface area (Å²) in [4.78, 5) is 2.04. The summed E-state index contributed by atoms with van der Waals surface area (Å²) in [5, 5.41) is 2.00. The second-order valence-electron chi connectivity index (χ2n) is 3.01. The van der Waals surface area contributed by atoms with Crippen molar-refractivity contribution in [1.82, 2.24) is 4.90 Å². The van der Waals surface area contributed by atoms with Crippen molar-refractivity contribution in [3.8, 4) is 0 Å². The average Bonchev–Trinajstić information content (AvgIpc) is 1.86. The van der Waals surface area contributed by atoms with E-state index in [1.807, 2.05) is 38.9 Å². The third-order valence-corrected chi connectivity index (χ3v) is 2.56. The minimum Gasteiger partial charge on any atom is -0.306 e. The van der Waals surface area contributed by atoms with Crippen molar-refractivity contribution in [3.63, 3.8) is 0 Å². The van der Waals surface area contributed by atoms with Crippen LogP contribution in [0.2, 0.25) is 0 Å². The highest BCUT2D eigenvalue weighted by atomic mass is 32.2. The van der Waals surface area contributed by atoms with Gasteiger partial charge in [-0.05, 0) is 19.5 Å². The van der Waals surface area contributed by atoms with Crippen molar-refractivity contribution in [1.29, 1.82) is 0 Å². The van der Waals surface area contributed by atoms with Crippen molar-refractivity contribution >= 4 is 10.8 Å². The van der Waals surface area contributed by atoms with Crippen molar-refractivity contribution in [3.05, 3.63) is 11.5 Å². The molecule has 0 rings (SSSR count). The second kappa shape index (κ2) is 5.49. The van der Waals surface area contributed by atoms with E-state index in [-0.39, 0.29) is 5.25 Å². The fourth-order valence-electron chi connectivity index (χ4n) is 0.506. The number of rotatable bonds is 4. The van der Waals surface area contributed by atoms with Gasteiger partial charge in [0.2, 0.25) is 0 Å². The van der Waals surface area contributed by atoms with Crippen molar-refractivity contribution in [2.45, 2.75) is 19.1 Å². The molecule has 1 atom stereocenters. The van der Waals surface area contributed by atoms with Crippen LogP contribution in [0.3, 0.4) is 0 Å². The summed E-state index contributed by atoms with van der Waals surface area (Å²) in [5.41, 5.74) is 0. The molecule has 2 nitrogen and oxygen atoms in total. The Labute approximate surface area is 71.7 Å². The monoisotopic (exact) mass is 175 g/mol. The van der Waals surface area contributed by atoms with Crippen LogP contribution in [0, 0.1) is 0 Å². The maximum atomic E-state index is 11.1. The van der Waals surface area contributed by atoms with Crippen LogP contribution in [-0.4, -0.2) is 35.0 Å². The number of hydrogen-bond acceptors (Lipinski definition) is 2. The third kappa shape index (κ3) is 6.26. The Morgan fingerprint density at radius 2 is 2.00 bits per heavy atom. The van der Waals surface area contributed by atoms with Gasteiger partial charge in [-0.15, -0.1) is 0 Å². The van der Waals surface area contributed by atoms with Gasteiger partial charge in [0.1, 0.15) is 0 Å². The van der Waals surface area contributed by atoms with E-state index in [1.54, 1.807) is 5.41 Å². The number of hydrogen-bond donors (Lipinski definition) is 0. The zero-order valence-corrected chi connectivity index (χ0v) is 8.52. The smallest absolute Gasteiger partial charge is 0.0478 e. The van der Waals surface area contributed by atoms with Crippen LogP contribution in [0.1, 0.15) is 13.8 Å². The first kappa shape index (κ1) is 10.8. The zero-order valence-electron chi connectivity index (χ0n) is 7.70. The molecule has 11 heavy (non-hydrogen) atoms. The molecule has 0 N–H and O–H groups in total. The molecular weight excluding hydrogens is 158 g/mol. The molecule has 0 aliphatic carbocycles. The number of nitrogens with zero attached hydrogens (tertiary/aromatic N) is 1. The Morgan fingerprint density at radius 1 is 1.45 bits per heavy atom. The molecule has 0 aromatic rings. The molecule has 0 spiro atoms. The van der Waals surface area contributed by atoms with Gasteiger partial charge >= 0.3 is 0 Å². The summed E-state index contributed by atoms with van der Waals surface area (Å²) >= 11 is 0. The standard InChI is InChI=1S/C8H17NOS/c1-8(2)11(10)7-5-6-9(3)4/h5,7-8H,6H2,1-4H3/b7-5+. The van der Waals surface area contributed by atoms with Crippen molar-refractivity contribution in [2.24, 2.45) is 0 Å². The lowest BCUT2D eigenvalue weighted by Gasteiger charge is -2.04. The molecule has 0 aromatic carbocycles. The van der Waals surface area contributed by atoms with E-state index < -0.39 is 10.8 Å². The summed E-state index contributed by atoms with van der Waals surface area (Å²) in [6.45, 7) is 4.77. The first-order chi connectivity index (χ1) is 5.04. The van der Waals surface area contributed by atoms with Gasteiger partial charge in [-0.1, -0.05) is 19.9 Å². The lowest BCUT2D eigenvalue weighted by atomic mass is 10.6. The van der Waals surface area contributed by atoms with Crippen molar-refractivity contribution in [2.75, 3.05) is 20.6 Å². The lowest BCUT2D eigenvalue weighted by molar-refractivity contribution is 0.456. The predicted molar refractivity (Wildman–Crippen MR) is 51.0 cm³/mol. The Balaban J connectivity index is 3.66. The quantitative estimate of drug-likeness (QED) is 0.640. The molecule has 0 fully saturated rings. The average molecular weight is 175 g/mol. The van der Waals surface area contributed by atoms with E-state index in [9.17, 15) is 4.21 Å². The van der Waals surface area contributed by atoms with Gasteiger partial charge < -0.3 is 4.90 Å². The fraction of sp³-hybridized carbons (Fsp3) is 0.750. The molecule has 0 amide bonds. The Morgan fingerprint density at radius 3 is 2.36 bits per heavy atom. The normalized spacial score (nSPS) is 15.1. The fourth-order valence-corrected chi connectivity index (χ4v) is 1.10. The van der Waals surface area contributed by atoms with E-state index in [0.29, 0.717) is 0 Å². The zero-order chi connectivity index (χ0) is 8.85. The maximum absolute atomic E-state index is 11.1. The summed E-state index contributed by atoms with van der Waals surface area (Å²) in [5.74, 6) is 0. The molecule has 0 aliphatic rings. The summed E-state index contributed by atoms with van der Waals surface area (Å²) < 4.78 is 11.1. The highest BCUT2D eigenvalue weighted by Gasteiger charge is 1.98. The summed E-state index contributed by atoms with van der Waals surface area (Å²) in [6, 6.07) is 0. The maximum Gasteiger partial charge on any atom is 0.0478 e. The van der Waals surface area contributed by atoms with Gasteiger partial charge in [0.15, 0.2) is 0 Å². The minimum absolute atomic E-state index is 0.230.